The van der Waals surface area contributed by atoms with Crippen LogP contribution in [-0.2, 0) is 9.59 Å². The second-order valence-electron chi connectivity index (χ2n) is 4.45. The van der Waals surface area contributed by atoms with Gasteiger partial charge in [-0.2, -0.15) is 0 Å². The number of benzene rings is 1. The van der Waals surface area contributed by atoms with Gasteiger partial charge in [-0.15, -0.1) is 0 Å². The quantitative estimate of drug-likeness (QED) is 0.605. The minimum Gasteiger partial charge on any atom is -0.338 e. The number of allylic oxidation sites excluding steroid dienone is 2. The average Bonchev–Trinajstić information content (AvgIpc) is 2.75. The van der Waals surface area contributed by atoms with E-state index in [0.717, 1.165) is 15.6 Å². The Labute approximate surface area is 124 Å². The molecule has 1 aromatic carbocycles. The van der Waals surface area contributed by atoms with Crippen LogP contribution in [0.3, 0.4) is 0 Å². The molecule has 0 aliphatic carbocycles. The Balaban J connectivity index is 1.87. The number of hydrogen-bond acceptors (Lipinski definition) is 5. The fourth-order valence-corrected chi connectivity index (χ4v) is 3.10. The van der Waals surface area contributed by atoms with Gasteiger partial charge in [0.15, 0.2) is 0 Å². The zero-order valence-corrected chi connectivity index (χ0v) is 11.9. The first kappa shape index (κ1) is 13.4. The van der Waals surface area contributed by atoms with Crippen LogP contribution in [0.15, 0.2) is 51.9 Å². The maximum Gasteiger partial charge on any atom is 0.328 e. The molecule has 7 heteroatoms. The van der Waals surface area contributed by atoms with Gasteiger partial charge in [-0.1, -0.05) is 23.9 Å². The zero-order valence-electron chi connectivity index (χ0n) is 11.0. The lowest BCUT2D eigenvalue weighted by molar-refractivity contribution is -0.124. The van der Waals surface area contributed by atoms with Gasteiger partial charge in [0.1, 0.15) is 5.57 Å². The third-order valence-corrected chi connectivity index (χ3v) is 4.29. The molecule has 1 fully saturated rings. The number of hydrogen-bond donors (Lipinski definition) is 2. The molecule has 1 saturated heterocycles. The molecule has 2 N–H and O–H groups in total. The molecule has 0 spiro atoms. The Hall–Kier alpha value is -2.54. The number of barbiturate groups is 1. The van der Waals surface area contributed by atoms with E-state index in [4.69, 9.17) is 0 Å². The number of fused-ring (bicyclic) bond motifs is 1. The number of carbonyl (C=O) groups excluding carboxylic acids is 3. The summed E-state index contributed by atoms with van der Waals surface area (Å²) in [5, 5.41) is 4.96. The summed E-state index contributed by atoms with van der Waals surface area (Å²) in [5.74, 6) is -1.38. The largest absolute Gasteiger partial charge is 0.338 e. The van der Waals surface area contributed by atoms with Crippen molar-refractivity contribution in [1.29, 1.82) is 0 Å². The lowest BCUT2D eigenvalue weighted by atomic mass is 10.2. The highest BCUT2D eigenvalue weighted by atomic mass is 32.2. The number of nitrogens with zero attached hydrogens (tertiary/aromatic N) is 1. The number of anilines is 1. The monoisotopic (exact) mass is 301 g/mol. The van der Waals surface area contributed by atoms with Crippen LogP contribution in [0.1, 0.15) is 0 Å². The van der Waals surface area contributed by atoms with Crippen molar-refractivity contribution in [1.82, 2.24) is 10.6 Å². The van der Waals surface area contributed by atoms with Crippen molar-refractivity contribution in [2.75, 3.05) is 11.9 Å². The highest BCUT2D eigenvalue weighted by molar-refractivity contribution is 8.03. The Bertz CT molecular complexity index is 702. The van der Waals surface area contributed by atoms with E-state index in [1.807, 2.05) is 46.8 Å². The Morgan fingerprint density at radius 3 is 2.38 bits per heavy atom. The fraction of sp³-hybridized carbons (Fsp3) is 0.0714. The summed E-state index contributed by atoms with van der Waals surface area (Å²) in [6.07, 6.45) is 3.11. The van der Waals surface area contributed by atoms with Gasteiger partial charge in [0.05, 0.1) is 10.7 Å². The second-order valence-corrected chi connectivity index (χ2v) is 5.51. The smallest absolute Gasteiger partial charge is 0.328 e. The van der Waals surface area contributed by atoms with Gasteiger partial charge in [-0.05, 0) is 24.3 Å². The molecule has 0 radical (unpaired) electrons. The summed E-state index contributed by atoms with van der Waals surface area (Å²) < 4.78 is 0. The third-order valence-electron chi connectivity index (χ3n) is 3.11. The number of carbonyl (C=O) groups is 3. The molecule has 0 saturated carbocycles. The second kappa shape index (κ2) is 5.10. The molecule has 0 bridgehead atoms. The van der Waals surface area contributed by atoms with Gasteiger partial charge in [0, 0.05) is 11.9 Å². The van der Waals surface area contributed by atoms with E-state index >= 15 is 0 Å². The first-order valence-electron chi connectivity index (χ1n) is 6.15. The molecule has 21 heavy (non-hydrogen) atoms. The summed E-state index contributed by atoms with van der Waals surface area (Å²) in [6.45, 7) is 0. The number of nitrogens with one attached hydrogen (secondary N) is 2. The molecule has 2 aliphatic rings. The number of urea groups is 1. The van der Waals surface area contributed by atoms with Crippen molar-refractivity contribution in [2.24, 2.45) is 0 Å². The molecule has 2 heterocycles. The van der Waals surface area contributed by atoms with E-state index in [2.05, 4.69) is 0 Å². The van der Waals surface area contributed by atoms with Gasteiger partial charge in [-0.3, -0.25) is 20.2 Å². The van der Waals surface area contributed by atoms with E-state index < -0.39 is 17.8 Å². The standard InChI is InChI=1S/C14H11N3O3S/c1-17-9-4-2-3-5-10(9)21-11(17)7-6-8-12(18)15-14(20)16-13(8)19/h2-7H,1H3,(H2,15,16,18,19,20)/b11-7+. The normalized spacial score (nSPS) is 19.5. The first-order chi connectivity index (χ1) is 10.1. The molecule has 0 aromatic heterocycles. The molecular formula is C14H11N3O3S. The first-order valence-corrected chi connectivity index (χ1v) is 6.97. The number of para-hydroxylation sites is 1. The van der Waals surface area contributed by atoms with Gasteiger partial charge >= 0.3 is 6.03 Å². The van der Waals surface area contributed by atoms with Crippen LogP contribution in [0, 0.1) is 0 Å². The topological polar surface area (TPSA) is 78.5 Å². The van der Waals surface area contributed by atoms with Gasteiger partial charge < -0.3 is 4.90 Å². The van der Waals surface area contributed by atoms with Gasteiger partial charge in [0.25, 0.3) is 11.8 Å². The maximum atomic E-state index is 11.6. The summed E-state index contributed by atoms with van der Waals surface area (Å²) in [4.78, 5) is 37.3. The van der Waals surface area contributed by atoms with E-state index in [9.17, 15) is 14.4 Å². The van der Waals surface area contributed by atoms with Crippen LogP contribution in [0.4, 0.5) is 10.5 Å². The maximum absolute atomic E-state index is 11.6. The molecule has 0 unspecified atom stereocenters. The van der Waals surface area contributed by atoms with Crippen LogP contribution in [0.25, 0.3) is 0 Å². The van der Waals surface area contributed by atoms with Crippen molar-refractivity contribution < 1.29 is 14.4 Å². The molecule has 106 valence electrons. The van der Waals surface area contributed by atoms with E-state index in [1.165, 1.54) is 6.08 Å². The SMILES string of the molecule is CN1/C(=C\C=C2C(=O)NC(=O)NC2=O)Sc2ccccc21. The van der Waals surface area contributed by atoms with Crippen molar-refractivity contribution in [3.05, 3.63) is 47.0 Å². The van der Waals surface area contributed by atoms with E-state index in [0.29, 0.717) is 0 Å². The van der Waals surface area contributed by atoms with Gasteiger partial charge in [0.2, 0.25) is 0 Å². The summed E-state index contributed by atoms with van der Waals surface area (Å²) >= 11 is 1.55. The predicted molar refractivity (Wildman–Crippen MR) is 78.5 cm³/mol. The van der Waals surface area contributed by atoms with Crippen molar-refractivity contribution in [3.63, 3.8) is 0 Å². The van der Waals surface area contributed by atoms with E-state index in [-0.39, 0.29) is 5.57 Å². The summed E-state index contributed by atoms with van der Waals surface area (Å²) in [6, 6.07) is 7.10. The van der Waals surface area contributed by atoms with Crippen molar-refractivity contribution in [2.45, 2.75) is 4.90 Å². The minimum atomic E-state index is -0.797. The highest BCUT2D eigenvalue weighted by Gasteiger charge is 2.27. The van der Waals surface area contributed by atoms with Crippen LogP contribution < -0.4 is 15.5 Å². The third kappa shape index (κ3) is 2.43. The molecule has 0 atom stereocenters. The van der Waals surface area contributed by atoms with E-state index in [1.54, 1.807) is 17.8 Å². The summed E-state index contributed by atoms with van der Waals surface area (Å²) in [5.41, 5.74) is 0.979. The van der Waals surface area contributed by atoms with Crippen LogP contribution in [0.2, 0.25) is 0 Å². The van der Waals surface area contributed by atoms with Gasteiger partial charge in [-0.25, -0.2) is 4.79 Å². The highest BCUT2D eigenvalue weighted by Crippen LogP contribution is 2.44. The Morgan fingerprint density at radius 1 is 1.05 bits per heavy atom. The number of thioether (sulfide) groups is 1. The fourth-order valence-electron chi connectivity index (χ4n) is 2.05. The lowest BCUT2D eigenvalue weighted by Gasteiger charge is -2.14. The number of rotatable bonds is 1. The number of amides is 4. The zero-order chi connectivity index (χ0) is 15.0. The average molecular weight is 301 g/mol. The molecule has 2 aliphatic heterocycles. The van der Waals surface area contributed by atoms with Crippen LogP contribution >= 0.6 is 11.8 Å². The molecular weight excluding hydrogens is 290 g/mol. The molecule has 4 amide bonds. The van der Waals surface area contributed by atoms with Crippen LogP contribution in [-0.4, -0.2) is 24.9 Å². The lowest BCUT2D eigenvalue weighted by Crippen LogP contribution is -2.51. The van der Waals surface area contributed by atoms with Crippen LogP contribution in [0.5, 0.6) is 0 Å². The summed E-state index contributed by atoms with van der Waals surface area (Å²) in [7, 11) is 1.91. The molecule has 3 rings (SSSR count). The molecule has 6 nitrogen and oxygen atoms in total. The minimum absolute atomic E-state index is 0.0907. The van der Waals surface area contributed by atoms with Crippen molar-refractivity contribution in [3.8, 4) is 0 Å². The molecule has 1 aromatic rings. The predicted octanol–water partition coefficient (Wildman–Crippen LogP) is 1.36. The number of imide groups is 2. The Morgan fingerprint density at radius 2 is 1.71 bits per heavy atom. The Kier molecular flexibility index (Phi) is 3.26. The van der Waals surface area contributed by atoms with Crippen molar-refractivity contribution >= 4 is 35.3 Å².